The zero-order valence-electron chi connectivity index (χ0n) is 12.6. The van der Waals surface area contributed by atoms with Gasteiger partial charge in [-0.2, -0.15) is 0 Å². The Balaban J connectivity index is 3.32. The minimum Gasteiger partial charge on any atom is -0.479 e. The molecule has 0 bridgehead atoms. The van der Waals surface area contributed by atoms with E-state index in [1.165, 1.54) is 45.6 Å². The topological polar surface area (TPSA) is 46.5 Å². The van der Waals surface area contributed by atoms with Crippen molar-refractivity contribution < 1.29 is 14.6 Å². The summed E-state index contributed by atoms with van der Waals surface area (Å²) >= 11 is 0. The van der Waals surface area contributed by atoms with Gasteiger partial charge in [-0.15, -0.1) is 0 Å². The molecule has 0 spiro atoms. The van der Waals surface area contributed by atoms with Crippen LogP contribution in [0.25, 0.3) is 0 Å². The summed E-state index contributed by atoms with van der Waals surface area (Å²) in [6, 6.07) is 0. The van der Waals surface area contributed by atoms with E-state index < -0.39 is 12.1 Å². The Morgan fingerprint density at radius 1 is 1.05 bits per heavy atom. The molecule has 0 aliphatic heterocycles. The lowest BCUT2D eigenvalue weighted by molar-refractivity contribution is -0.148. The summed E-state index contributed by atoms with van der Waals surface area (Å²) < 4.78 is 4.88. The molecular weight excluding hydrogens is 240 g/mol. The molecule has 0 aliphatic rings. The van der Waals surface area contributed by atoms with E-state index in [-0.39, 0.29) is 0 Å². The van der Waals surface area contributed by atoms with Crippen molar-refractivity contribution in [2.24, 2.45) is 0 Å². The zero-order valence-corrected chi connectivity index (χ0v) is 12.6. The van der Waals surface area contributed by atoms with E-state index in [2.05, 4.69) is 19.1 Å². The van der Waals surface area contributed by atoms with E-state index in [0.29, 0.717) is 6.42 Å². The van der Waals surface area contributed by atoms with Gasteiger partial charge in [-0.1, -0.05) is 51.2 Å². The minimum atomic E-state index is -0.862. The maximum atomic E-state index is 10.7. The zero-order chi connectivity index (χ0) is 14.3. The number of carboxylic acids is 1. The molecule has 0 aromatic carbocycles. The summed E-state index contributed by atoms with van der Waals surface area (Å²) in [6.45, 7) is 2.24. The van der Waals surface area contributed by atoms with Crippen molar-refractivity contribution in [3.8, 4) is 0 Å². The number of carbonyl (C=O) groups is 1. The highest BCUT2D eigenvalue weighted by Crippen LogP contribution is 2.08. The fraction of sp³-hybridized carbons (Fsp3) is 0.812. The second-order valence-electron chi connectivity index (χ2n) is 5.02. The van der Waals surface area contributed by atoms with Crippen LogP contribution in [0.4, 0.5) is 0 Å². The van der Waals surface area contributed by atoms with Gasteiger partial charge in [0.1, 0.15) is 0 Å². The van der Waals surface area contributed by atoms with Crippen LogP contribution in [0.3, 0.4) is 0 Å². The second-order valence-corrected chi connectivity index (χ2v) is 5.02. The van der Waals surface area contributed by atoms with Crippen molar-refractivity contribution in [2.75, 3.05) is 7.11 Å². The number of methoxy groups -OCH3 is 1. The van der Waals surface area contributed by atoms with Crippen molar-refractivity contribution in [1.82, 2.24) is 0 Å². The van der Waals surface area contributed by atoms with Gasteiger partial charge in [-0.05, 0) is 32.1 Å². The average molecular weight is 270 g/mol. The predicted octanol–water partition coefficient (Wildman–Crippen LogP) is 4.56. The SMILES string of the molecule is CCCCCCCC/C=C/CCCC(OC)C(=O)O. The highest BCUT2D eigenvalue weighted by molar-refractivity contribution is 5.72. The molecule has 0 saturated heterocycles. The smallest absolute Gasteiger partial charge is 0.332 e. The molecule has 0 aromatic heterocycles. The fourth-order valence-corrected chi connectivity index (χ4v) is 2.04. The Kier molecular flexibility index (Phi) is 13.0. The number of rotatable bonds is 13. The summed E-state index contributed by atoms with van der Waals surface area (Å²) in [5.41, 5.74) is 0. The quantitative estimate of drug-likeness (QED) is 0.394. The standard InChI is InChI=1S/C16H30O3/c1-3-4-5-6-7-8-9-10-11-12-13-14-15(19-2)16(17)18/h10-11,15H,3-9,12-14H2,1-2H3,(H,17,18)/b11-10+. The number of ether oxygens (including phenoxy) is 1. The molecule has 3 heteroatoms. The first-order valence-electron chi connectivity index (χ1n) is 7.63. The van der Waals surface area contributed by atoms with Crippen LogP contribution in [-0.2, 0) is 9.53 Å². The van der Waals surface area contributed by atoms with Gasteiger partial charge >= 0.3 is 5.97 Å². The highest BCUT2D eigenvalue weighted by Gasteiger charge is 2.14. The van der Waals surface area contributed by atoms with Crippen LogP contribution in [0.2, 0.25) is 0 Å². The third-order valence-electron chi connectivity index (χ3n) is 3.29. The first kappa shape index (κ1) is 18.2. The van der Waals surface area contributed by atoms with E-state index >= 15 is 0 Å². The monoisotopic (exact) mass is 270 g/mol. The highest BCUT2D eigenvalue weighted by atomic mass is 16.5. The van der Waals surface area contributed by atoms with E-state index in [9.17, 15) is 4.79 Å². The Labute approximate surface area is 118 Å². The van der Waals surface area contributed by atoms with Crippen LogP contribution in [0, 0.1) is 0 Å². The summed E-state index contributed by atoms with van der Waals surface area (Å²) in [5, 5.41) is 8.79. The summed E-state index contributed by atoms with van der Waals surface area (Å²) in [7, 11) is 1.45. The van der Waals surface area contributed by atoms with Gasteiger partial charge in [0, 0.05) is 7.11 Å². The Morgan fingerprint density at radius 3 is 2.21 bits per heavy atom. The number of hydrogen-bond donors (Lipinski definition) is 1. The first-order valence-corrected chi connectivity index (χ1v) is 7.63. The van der Waals surface area contributed by atoms with Crippen molar-refractivity contribution >= 4 is 5.97 Å². The molecule has 0 fully saturated rings. The maximum Gasteiger partial charge on any atom is 0.332 e. The van der Waals surface area contributed by atoms with Gasteiger partial charge in [0.05, 0.1) is 0 Å². The second kappa shape index (κ2) is 13.6. The van der Waals surface area contributed by atoms with Crippen LogP contribution in [0.1, 0.15) is 71.1 Å². The molecular formula is C16H30O3. The van der Waals surface area contributed by atoms with E-state index in [1.54, 1.807) is 0 Å². The Hall–Kier alpha value is -0.830. The van der Waals surface area contributed by atoms with Gasteiger partial charge in [-0.3, -0.25) is 0 Å². The van der Waals surface area contributed by atoms with Crippen LogP contribution in [0.15, 0.2) is 12.2 Å². The van der Waals surface area contributed by atoms with E-state index in [4.69, 9.17) is 9.84 Å². The molecule has 112 valence electrons. The average Bonchev–Trinajstić information content (AvgIpc) is 2.40. The lowest BCUT2D eigenvalue weighted by atomic mass is 10.1. The van der Waals surface area contributed by atoms with Crippen LogP contribution in [-0.4, -0.2) is 24.3 Å². The van der Waals surface area contributed by atoms with Crippen molar-refractivity contribution in [3.63, 3.8) is 0 Å². The molecule has 0 amide bonds. The van der Waals surface area contributed by atoms with Gasteiger partial charge in [0.2, 0.25) is 0 Å². The molecule has 1 atom stereocenters. The minimum absolute atomic E-state index is 0.590. The van der Waals surface area contributed by atoms with Crippen molar-refractivity contribution in [2.45, 2.75) is 77.2 Å². The van der Waals surface area contributed by atoms with Crippen molar-refractivity contribution in [3.05, 3.63) is 12.2 Å². The van der Waals surface area contributed by atoms with Gasteiger partial charge in [0.25, 0.3) is 0 Å². The summed E-state index contributed by atoms with van der Waals surface area (Å²) in [5.74, 6) is -0.862. The van der Waals surface area contributed by atoms with Crippen LogP contribution >= 0.6 is 0 Å². The number of allylic oxidation sites excluding steroid dienone is 2. The molecule has 3 nitrogen and oxygen atoms in total. The van der Waals surface area contributed by atoms with Gasteiger partial charge in [-0.25, -0.2) is 4.79 Å². The largest absolute Gasteiger partial charge is 0.479 e. The summed E-state index contributed by atoms with van der Waals surface area (Å²) in [4.78, 5) is 10.7. The molecule has 19 heavy (non-hydrogen) atoms. The van der Waals surface area contributed by atoms with E-state index in [0.717, 1.165) is 19.3 Å². The lowest BCUT2D eigenvalue weighted by Crippen LogP contribution is -2.21. The third kappa shape index (κ3) is 12.0. The van der Waals surface area contributed by atoms with Crippen LogP contribution < -0.4 is 0 Å². The summed E-state index contributed by atoms with van der Waals surface area (Å²) in [6.07, 6.45) is 15.3. The van der Waals surface area contributed by atoms with Gasteiger partial charge < -0.3 is 9.84 Å². The number of aliphatic carboxylic acids is 1. The first-order chi connectivity index (χ1) is 9.22. The molecule has 0 saturated carbocycles. The fourth-order valence-electron chi connectivity index (χ4n) is 2.04. The van der Waals surface area contributed by atoms with E-state index in [1.807, 2.05) is 0 Å². The molecule has 1 unspecified atom stereocenters. The van der Waals surface area contributed by atoms with Gasteiger partial charge in [0.15, 0.2) is 6.10 Å². The number of hydrogen-bond acceptors (Lipinski definition) is 2. The number of carboxylic acid groups (broad SMARTS) is 1. The third-order valence-corrected chi connectivity index (χ3v) is 3.29. The Morgan fingerprint density at radius 2 is 1.63 bits per heavy atom. The molecule has 0 heterocycles. The molecule has 0 rings (SSSR count). The van der Waals surface area contributed by atoms with Crippen molar-refractivity contribution in [1.29, 1.82) is 0 Å². The predicted molar refractivity (Wildman–Crippen MR) is 79.4 cm³/mol. The lowest BCUT2D eigenvalue weighted by Gasteiger charge is -2.08. The number of unbranched alkanes of at least 4 members (excludes halogenated alkanes) is 7. The molecule has 0 aromatic rings. The molecule has 1 N–H and O–H groups in total. The van der Waals surface area contributed by atoms with Crippen LogP contribution in [0.5, 0.6) is 0 Å². The molecule has 0 radical (unpaired) electrons. The molecule has 0 aliphatic carbocycles. The maximum absolute atomic E-state index is 10.7. The Bertz CT molecular complexity index is 236. The normalized spacial score (nSPS) is 12.9.